The number of halogens is 2. The molecule has 0 aromatic heterocycles. The Morgan fingerprint density at radius 2 is 1.85 bits per heavy atom. The molecule has 20 heavy (non-hydrogen) atoms. The Morgan fingerprint density at radius 3 is 2.50 bits per heavy atom. The van der Waals surface area contributed by atoms with Gasteiger partial charge in [0.2, 0.25) is 0 Å². The molecular formula is C14H12BrFN2O2. The molecule has 0 saturated carbocycles. The summed E-state index contributed by atoms with van der Waals surface area (Å²) >= 11 is 3.32. The number of carbonyl (C=O) groups excluding carboxylic acids is 1. The average Bonchev–Trinajstić information content (AvgIpc) is 2.43. The van der Waals surface area contributed by atoms with Crippen LogP contribution in [0.1, 0.15) is 0 Å². The minimum Gasteiger partial charge on any atom is -0.495 e. The van der Waals surface area contributed by atoms with E-state index in [1.54, 1.807) is 18.2 Å². The topological polar surface area (TPSA) is 50.4 Å². The normalized spacial score (nSPS) is 9.95. The number of nitrogens with one attached hydrogen (secondary N) is 2. The maximum atomic E-state index is 12.8. The number of hydrogen-bond donors (Lipinski definition) is 2. The van der Waals surface area contributed by atoms with Crippen molar-refractivity contribution in [3.8, 4) is 5.75 Å². The minimum atomic E-state index is -0.433. The predicted octanol–water partition coefficient (Wildman–Crippen LogP) is 4.24. The third-order valence-electron chi connectivity index (χ3n) is 2.51. The number of urea groups is 1. The van der Waals surface area contributed by atoms with Crippen molar-refractivity contribution in [3.05, 3.63) is 52.8 Å². The van der Waals surface area contributed by atoms with Crippen LogP contribution in [0.3, 0.4) is 0 Å². The Kier molecular flexibility index (Phi) is 4.57. The van der Waals surface area contributed by atoms with Crippen molar-refractivity contribution in [1.29, 1.82) is 0 Å². The number of benzene rings is 2. The summed E-state index contributed by atoms with van der Waals surface area (Å²) in [4.78, 5) is 11.8. The van der Waals surface area contributed by atoms with E-state index in [4.69, 9.17) is 4.74 Å². The van der Waals surface area contributed by atoms with Crippen molar-refractivity contribution in [2.75, 3.05) is 17.7 Å². The van der Waals surface area contributed by atoms with E-state index in [0.717, 1.165) is 4.47 Å². The number of methoxy groups -OCH3 is 1. The Balaban J connectivity index is 2.06. The average molecular weight is 339 g/mol. The first-order valence-corrected chi connectivity index (χ1v) is 6.55. The smallest absolute Gasteiger partial charge is 0.323 e. The Hall–Kier alpha value is -2.08. The highest BCUT2D eigenvalue weighted by Crippen LogP contribution is 2.28. The van der Waals surface area contributed by atoms with Crippen molar-refractivity contribution in [3.63, 3.8) is 0 Å². The second-order valence-electron chi connectivity index (χ2n) is 3.93. The van der Waals surface area contributed by atoms with Crippen LogP contribution in [0, 0.1) is 5.82 Å². The van der Waals surface area contributed by atoms with Crippen LogP contribution in [0.25, 0.3) is 0 Å². The molecule has 2 amide bonds. The molecule has 0 heterocycles. The Labute approximate surface area is 124 Å². The van der Waals surface area contributed by atoms with E-state index < -0.39 is 6.03 Å². The van der Waals surface area contributed by atoms with Gasteiger partial charge in [-0.15, -0.1) is 0 Å². The highest BCUT2D eigenvalue weighted by molar-refractivity contribution is 9.10. The van der Waals surface area contributed by atoms with Gasteiger partial charge in [0.25, 0.3) is 0 Å². The zero-order valence-corrected chi connectivity index (χ0v) is 12.2. The van der Waals surface area contributed by atoms with E-state index in [9.17, 15) is 9.18 Å². The lowest BCUT2D eigenvalue weighted by Crippen LogP contribution is -2.19. The van der Waals surface area contributed by atoms with E-state index in [1.807, 2.05) is 0 Å². The van der Waals surface area contributed by atoms with Crippen molar-refractivity contribution < 1.29 is 13.9 Å². The highest BCUT2D eigenvalue weighted by Gasteiger charge is 2.08. The van der Waals surface area contributed by atoms with Gasteiger partial charge >= 0.3 is 6.03 Å². The summed E-state index contributed by atoms with van der Waals surface area (Å²) in [5.74, 6) is 0.180. The number of carbonyl (C=O) groups is 1. The molecule has 2 aromatic rings. The van der Waals surface area contributed by atoms with Crippen LogP contribution in [0.4, 0.5) is 20.6 Å². The highest BCUT2D eigenvalue weighted by atomic mass is 79.9. The SMILES string of the molecule is COc1cc(Br)ccc1NC(=O)Nc1ccc(F)cc1. The van der Waals surface area contributed by atoms with Crippen LogP contribution < -0.4 is 15.4 Å². The van der Waals surface area contributed by atoms with Gasteiger partial charge in [-0.3, -0.25) is 0 Å². The first-order valence-electron chi connectivity index (χ1n) is 5.75. The molecule has 0 aliphatic rings. The van der Waals surface area contributed by atoms with Gasteiger partial charge in [-0.2, -0.15) is 0 Å². The summed E-state index contributed by atoms with van der Waals surface area (Å²) in [5, 5.41) is 5.26. The fourth-order valence-corrected chi connectivity index (χ4v) is 1.93. The monoisotopic (exact) mass is 338 g/mol. The van der Waals surface area contributed by atoms with E-state index in [2.05, 4.69) is 26.6 Å². The fourth-order valence-electron chi connectivity index (χ4n) is 1.59. The van der Waals surface area contributed by atoms with Crippen molar-refractivity contribution in [1.82, 2.24) is 0 Å². The first-order chi connectivity index (χ1) is 9.58. The second kappa shape index (κ2) is 6.38. The summed E-state index contributed by atoms with van der Waals surface area (Å²) in [6.45, 7) is 0. The molecule has 0 unspecified atom stereocenters. The zero-order chi connectivity index (χ0) is 14.5. The summed E-state index contributed by atoms with van der Waals surface area (Å²) in [5.41, 5.74) is 1.04. The Bertz CT molecular complexity index is 617. The molecule has 2 rings (SSSR count). The molecule has 0 aliphatic heterocycles. The van der Waals surface area contributed by atoms with Crippen LogP contribution in [0.15, 0.2) is 46.9 Å². The summed E-state index contributed by atoms with van der Waals surface area (Å²) in [6.07, 6.45) is 0. The van der Waals surface area contributed by atoms with Gasteiger partial charge < -0.3 is 15.4 Å². The number of anilines is 2. The molecule has 0 radical (unpaired) electrons. The summed E-state index contributed by atoms with van der Waals surface area (Å²) < 4.78 is 18.8. The molecule has 6 heteroatoms. The van der Waals surface area contributed by atoms with E-state index in [1.165, 1.54) is 31.4 Å². The van der Waals surface area contributed by atoms with Crippen LogP contribution in [0.5, 0.6) is 5.75 Å². The van der Waals surface area contributed by atoms with Gasteiger partial charge in [0.1, 0.15) is 11.6 Å². The molecule has 0 fully saturated rings. The van der Waals surface area contributed by atoms with Gasteiger partial charge in [-0.05, 0) is 42.5 Å². The van der Waals surface area contributed by atoms with E-state index in [-0.39, 0.29) is 5.82 Å². The first kappa shape index (κ1) is 14.3. The summed E-state index contributed by atoms with van der Waals surface area (Å²) in [7, 11) is 1.52. The molecule has 0 saturated heterocycles. The molecule has 2 N–H and O–H groups in total. The number of rotatable bonds is 3. The molecule has 4 nitrogen and oxygen atoms in total. The summed E-state index contributed by atoms with van der Waals surface area (Å²) in [6, 6.07) is 10.3. The largest absolute Gasteiger partial charge is 0.495 e. The maximum Gasteiger partial charge on any atom is 0.323 e. The molecule has 2 aromatic carbocycles. The van der Waals surface area contributed by atoms with Gasteiger partial charge in [-0.1, -0.05) is 15.9 Å². The van der Waals surface area contributed by atoms with Crippen molar-refractivity contribution in [2.24, 2.45) is 0 Å². The van der Waals surface area contributed by atoms with Crippen LogP contribution >= 0.6 is 15.9 Å². The van der Waals surface area contributed by atoms with Crippen LogP contribution in [-0.2, 0) is 0 Å². The lowest BCUT2D eigenvalue weighted by molar-refractivity contribution is 0.262. The van der Waals surface area contributed by atoms with E-state index >= 15 is 0 Å². The van der Waals surface area contributed by atoms with Gasteiger partial charge in [0, 0.05) is 10.2 Å². The van der Waals surface area contributed by atoms with Gasteiger partial charge in [0.05, 0.1) is 12.8 Å². The molecule has 104 valence electrons. The molecular weight excluding hydrogens is 327 g/mol. The minimum absolute atomic E-state index is 0.356. The maximum absolute atomic E-state index is 12.8. The second-order valence-corrected chi connectivity index (χ2v) is 4.85. The van der Waals surface area contributed by atoms with Crippen molar-refractivity contribution in [2.45, 2.75) is 0 Å². The lowest BCUT2D eigenvalue weighted by atomic mass is 10.3. The number of hydrogen-bond acceptors (Lipinski definition) is 2. The Morgan fingerprint density at radius 1 is 1.15 bits per heavy atom. The quantitative estimate of drug-likeness (QED) is 0.879. The lowest BCUT2D eigenvalue weighted by Gasteiger charge is -2.11. The molecule has 0 bridgehead atoms. The predicted molar refractivity (Wildman–Crippen MR) is 79.7 cm³/mol. The van der Waals surface area contributed by atoms with Crippen LogP contribution in [0.2, 0.25) is 0 Å². The molecule has 0 aliphatic carbocycles. The zero-order valence-electron chi connectivity index (χ0n) is 10.6. The van der Waals surface area contributed by atoms with Gasteiger partial charge in [0.15, 0.2) is 0 Å². The van der Waals surface area contributed by atoms with Crippen molar-refractivity contribution >= 4 is 33.3 Å². The van der Waals surface area contributed by atoms with Gasteiger partial charge in [-0.25, -0.2) is 9.18 Å². The standard InChI is InChI=1S/C14H12BrFN2O2/c1-20-13-8-9(15)2-7-12(13)18-14(19)17-11-5-3-10(16)4-6-11/h2-8H,1H3,(H2,17,18,19). The number of ether oxygens (including phenoxy) is 1. The molecule has 0 atom stereocenters. The van der Waals surface area contributed by atoms with Crippen LogP contribution in [-0.4, -0.2) is 13.1 Å². The number of amides is 2. The third-order valence-corrected chi connectivity index (χ3v) is 3.01. The molecule has 0 spiro atoms. The van der Waals surface area contributed by atoms with E-state index in [0.29, 0.717) is 17.1 Å². The fraction of sp³-hybridized carbons (Fsp3) is 0.0714. The third kappa shape index (κ3) is 3.71.